The Morgan fingerprint density at radius 1 is 1.10 bits per heavy atom. The standard InChI is InChI=1S/C23H30N4O2/c1-16(2)22(15-24)25-10-12-26(13-11-25)23(28)21-14-17(3)27(18(21)4)19-6-8-20(29-5)9-7-19/h6-9,14,16,22H,10-13H2,1-5H3. The summed E-state index contributed by atoms with van der Waals surface area (Å²) in [4.78, 5) is 17.3. The molecule has 1 aromatic heterocycles. The van der Waals surface area contributed by atoms with Crippen LogP contribution in [0.2, 0.25) is 0 Å². The number of hydrogen-bond acceptors (Lipinski definition) is 4. The van der Waals surface area contributed by atoms with Gasteiger partial charge >= 0.3 is 0 Å². The molecule has 1 aromatic carbocycles. The van der Waals surface area contributed by atoms with Crippen molar-refractivity contribution in [1.29, 1.82) is 5.26 Å². The number of benzene rings is 1. The number of hydrogen-bond donors (Lipinski definition) is 0. The van der Waals surface area contributed by atoms with E-state index in [-0.39, 0.29) is 17.9 Å². The highest BCUT2D eigenvalue weighted by atomic mass is 16.5. The highest BCUT2D eigenvalue weighted by Gasteiger charge is 2.29. The molecule has 1 fully saturated rings. The molecule has 1 aliphatic rings. The summed E-state index contributed by atoms with van der Waals surface area (Å²) in [6.07, 6.45) is 0. The number of carbonyl (C=O) groups is 1. The fourth-order valence-corrected chi connectivity index (χ4v) is 4.13. The zero-order valence-corrected chi connectivity index (χ0v) is 18.0. The van der Waals surface area contributed by atoms with Gasteiger partial charge in [0.1, 0.15) is 11.8 Å². The third kappa shape index (κ3) is 4.15. The van der Waals surface area contributed by atoms with E-state index in [0.29, 0.717) is 13.1 Å². The summed E-state index contributed by atoms with van der Waals surface area (Å²) in [6, 6.07) is 12.1. The minimum Gasteiger partial charge on any atom is -0.497 e. The average molecular weight is 395 g/mol. The van der Waals surface area contributed by atoms with Gasteiger partial charge in [-0.15, -0.1) is 0 Å². The lowest BCUT2D eigenvalue weighted by Gasteiger charge is -2.38. The highest BCUT2D eigenvalue weighted by molar-refractivity contribution is 5.96. The number of carbonyl (C=O) groups excluding carboxylic acids is 1. The van der Waals surface area contributed by atoms with Crippen molar-refractivity contribution in [2.75, 3.05) is 33.3 Å². The maximum Gasteiger partial charge on any atom is 0.255 e. The Labute approximate surface area is 173 Å². The van der Waals surface area contributed by atoms with Gasteiger partial charge in [0.2, 0.25) is 0 Å². The summed E-state index contributed by atoms with van der Waals surface area (Å²) >= 11 is 0. The van der Waals surface area contributed by atoms with Gasteiger partial charge in [0.05, 0.1) is 18.7 Å². The lowest BCUT2D eigenvalue weighted by atomic mass is 10.0. The highest BCUT2D eigenvalue weighted by Crippen LogP contribution is 2.24. The summed E-state index contributed by atoms with van der Waals surface area (Å²) in [5, 5.41) is 9.43. The van der Waals surface area contributed by atoms with Crippen LogP contribution in [-0.4, -0.2) is 59.6 Å². The number of aryl methyl sites for hydroxylation is 1. The Morgan fingerprint density at radius 3 is 2.24 bits per heavy atom. The van der Waals surface area contributed by atoms with Crippen molar-refractivity contribution in [2.45, 2.75) is 33.7 Å². The molecule has 154 valence electrons. The second-order valence-electron chi connectivity index (χ2n) is 7.96. The predicted octanol–water partition coefficient (Wildman–Crippen LogP) is 3.41. The first-order chi connectivity index (χ1) is 13.9. The molecule has 1 saturated heterocycles. The fourth-order valence-electron chi connectivity index (χ4n) is 4.13. The monoisotopic (exact) mass is 394 g/mol. The second kappa shape index (κ2) is 8.71. The molecule has 1 aliphatic heterocycles. The summed E-state index contributed by atoms with van der Waals surface area (Å²) in [5.74, 6) is 1.16. The van der Waals surface area contributed by atoms with Gasteiger partial charge in [0, 0.05) is 43.3 Å². The Morgan fingerprint density at radius 2 is 1.72 bits per heavy atom. The van der Waals surface area contributed by atoms with E-state index in [1.54, 1.807) is 7.11 Å². The predicted molar refractivity (Wildman–Crippen MR) is 114 cm³/mol. The molecule has 6 heteroatoms. The smallest absolute Gasteiger partial charge is 0.255 e. The molecule has 0 aliphatic carbocycles. The Bertz CT molecular complexity index is 900. The zero-order valence-electron chi connectivity index (χ0n) is 18.0. The molecule has 0 saturated carbocycles. The van der Waals surface area contributed by atoms with Crippen molar-refractivity contribution in [3.05, 3.63) is 47.3 Å². The number of methoxy groups -OCH3 is 1. The normalized spacial score (nSPS) is 16.0. The minimum atomic E-state index is -0.0904. The number of rotatable bonds is 5. The topological polar surface area (TPSA) is 61.5 Å². The van der Waals surface area contributed by atoms with Crippen LogP contribution < -0.4 is 4.74 Å². The number of amides is 1. The maximum absolute atomic E-state index is 13.2. The van der Waals surface area contributed by atoms with Crippen LogP contribution in [0.15, 0.2) is 30.3 Å². The van der Waals surface area contributed by atoms with Gasteiger partial charge in [0.25, 0.3) is 5.91 Å². The summed E-state index contributed by atoms with van der Waals surface area (Å²) in [6.45, 7) is 10.9. The van der Waals surface area contributed by atoms with E-state index in [4.69, 9.17) is 4.74 Å². The van der Waals surface area contributed by atoms with E-state index in [2.05, 4.69) is 29.4 Å². The molecule has 0 bridgehead atoms. The molecule has 1 amide bonds. The van der Waals surface area contributed by atoms with Gasteiger partial charge in [-0.1, -0.05) is 13.8 Å². The lowest BCUT2D eigenvalue weighted by Crippen LogP contribution is -2.52. The van der Waals surface area contributed by atoms with Crippen molar-refractivity contribution in [3.8, 4) is 17.5 Å². The average Bonchev–Trinajstić information content (AvgIpc) is 3.02. The van der Waals surface area contributed by atoms with Crippen LogP contribution in [0, 0.1) is 31.1 Å². The molecule has 1 unspecified atom stereocenters. The van der Waals surface area contributed by atoms with Crippen LogP contribution >= 0.6 is 0 Å². The molecule has 6 nitrogen and oxygen atoms in total. The van der Waals surface area contributed by atoms with Crippen LogP contribution in [0.3, 0.4) is 0 Å². The summed E-state index contributed by atoms with van der Waals surface area (Å²) in [7, 11) is 1.65. The van der Waals surface area contributed by atoms with Gasteiger partial charge < -0.3 is 14.2 Å². The van der Waals surface area contributed by atoms with Crippen LogP contribution in [0.25, 0.3) is 5.69 Å². The van der Waals surface area contributed by atoms with E-state index in [0.717, 1.165) is 41.5 Å². The van der Waals surface area contributed by atoms with Gasteiger partial charge in [-0.05, 0) is 50.1 Å². The largest absolute Gasteiger partial charge is 0.497 e. The number of aromatic nitrogens is 1. The molecule has 0 radical (unpaired) electrons. The van der Waals surface area contributed by atoms with Gasteiger partial charge in [-0.3, -0.25) is 9.69 Å². The van der Waals surface area contributed by atoms with Gasteiger partial charge in [-0.25, -0.2) is 0 Å². The van der Waals surface area contributed by atoms with Gasteiger partial charge in [0.15, 0.2) is 0 Å². The van der Waals surface area contributed by atoms with Crippen LogP contribution in [0.1, 0.15) is 35.6 Å². The SMILES string of the molecule is COc1ccc(-n2c(C)cc(C(=O)N3CCN(C(C#N)C(C)C)CC3)c2C)cc1. The zero-order chi connectivity index (χ0) is 21.1. The molecular weight excluding hydrogens is 364 g/mol. The Kier molecular flexibility index (Phi) is 6.29. The molecule has 1 atom stereocenters. The summed E-state index contributed by atoms with van der Waals surface area (Å²) in [5.41, 5.74) is 3.72. The third-order valence-corrected chi connectivity index (χ3v) is 5.75. The van der Waals surface area contributed by atoms with E-state index >= 15 is 0 Å². The second-order valence-corrected chi connectivity index (χ2v) is 7.96. The summed E-state index contributed by atoms with van der Waals surface area (Å²) < 4.78 is 7.35. The quantitative estimate of drug-likeness (QED) is 0.780. The van der Waals surface area contributed by atoms with E-state index in [9.17, 15) is 10.1 Å². The van der Waals surface area contributed by atoms with Crippen molar-refractivity contribution in [3.63, 3.8) is 0 Å². The minimum absolute atomic E-state index is 0.0653. The van der Waals surface area contributed by atoms with E-state index < -0.39 is 0 Å². The van der Waals surface area contributed by atoms with Gasteiger partial charge in [-0.2, -0.15) is 5.26 Å². The number of nitriles is 1. The molecule has 0 spiro atoms. The molecule has 3 rings (SSSR count). The number of nitrogens with zero attached hydrogens (tertiary/aromatic N) is 4. The van der Waals surface area contributed by atoms with E-state index in [1.807, 2.05) is 49.1 Å². The van der Waals surface area contributed by atoms with Crippen molar-refractivity contribution in [1.82, 2.24) is 14.4 Å². The van der Waals surface area contributed by atoms with Crippen LogP contribution in [0.5, 0.6) is 5.75 Å². The van der Waals surface area contributed by atoms with Crippen molar-refractivity contribution >= 4 is 5.91 Å². The third-order valence-electron chi connectivity index (χ3n) is 5.75. The Hall–Kier alpha value is -2.78. The first-order valence-corrected chi connectivity index (χ1v) is 10.1. The number of piperazine rings is 1. The van der Waals surface area contributed by atoms with Crippen LogP contribution in [0.4, 0.5) is 0 Å². The first kappa shape index (κ1) is 20.9. The first-order valence-electron chi connectivity index (χ1n) is 10.1. The Balaban J connectivity index is 1.76. The van der Waals surface area contributed by atoms with Crippen LogP contribution in [-0.2, 0) is 0 Å². The fraction of sp³-hybridized carbons (Fsp3) is 0.478. The molecular formula is C23H30N4O2. The molecule has 0 N–H and O–H groups in total. The van der Waals surface area contributed by atoms with Crippen molar-refractivity contribution in [2.24, 2.45) is 5.92 Å². The van der Waals surface area contributed by atoms with Crippen molar-refractivity contribution < 1.29 is 9.53 Å². The lowest BCUT2D eigenvalue weighted by molar-refractivity contribution is 0.0576. The molecule has 29 heavy (non-hydrogen) atoms. The maximum atomic E-state index is 13.2. The molecule has 2 aromatic rings. The van der Waals surface area contributed by atoms with E-state index in [1.165, 1.54) is 0 Å². The molecule has 2 heterocycles. The number of ether oxygens (including phenoxy) is 1.